The van der Waals surface area contributed by atoms with Crippen LogP contribution in [0, 0.1) is 0 Å². The van der Waals surface area contributed by atoms with E-state index in [1.807, 2.05) is 6.20 Å². The Bertz CT molecular complexity index is 424. The van der Waals surface area contributed by atoms with Gasteiger partial charge in [-0.2, -0.15) is 4.98 Å². The van der Waals surface area contributed by atoms with Crippen molar-refractivity contribution in [1.82, 2.24) is 9.97 Å². The normalized spacial score (nSPS) is 22.8. The highest BCUT2D eigenvalue weighted by Crippen LogP contribution is 2.35. The average molecular weight is 327 g/mol. The van der Waals surface area contributed by atoms with Gasteiger partial charge in [-0.05, 0) is 48.5 Å². The molecule has 2 heterocycles. The second-order valence-electron chi connectivity index (χ2n) is 5.19. The topological polar surface area (TPSA) is 41.1 Å². The fourth-order valence-corrected chi connectivity index (χ4v) is 3.11. The Hall–Kier alpha value is -0.840. The Morgan fingerprint density at radius 3 is 2.89 bits per heavy atom. The van der Waals surface area contributed by atoms with Crippen molar-refractivity contribution in [2.24, 2.45) is 0 Å². The first-order chi connectivity index (χ1) is 9.17. The molecule has 1 aromatic rings. The molecule has 1 N–H and O–H groups in total. The van der Waals surface area contributed by atoms with Crippen LogP contribution in [0.4, 0.5) is 11.8 Å². The molecule has 1 aromatic heterocycles. The molecule has 5 heteroatoms. The van der Waals surface area contributed by atoms with E-state index < -0.39 is 0 Å². The van der Waals surface area contributed by atoms with Crippen LogP contribution in [0.15, 0.2) is 10.7 Å². The van der Waals surface area contributed by atoms with E-state index in [0.29, 0.717) is 12.1 Å². The van der Waals surface area contributed by atoms with Gasteiger partial charge in [0, 0.05) is 24.8 Å². The lowest BCUT2D eigenvalue weighted by Crippen LogP contribution is -2.35. The van der Waals surface area contributed by atoms with Crippen LogP contribution >= 0.6 is 15.9 Å². The van der Waals surface area contributed by atoms with Crippen LogP contribution in [0.1, 0.15) is 46.5 Å². The molecule has 0 radical (unpaired) electrons. The van der Waals surface area contributed by atoms with Crippen LogP contribution in [0.5, 0.6) is 0 Å². The van der Waals surface area contributed by atoms with E-state index in [0.717, 1.165) is 29.2 Å². The molecule has 106 valence electrons. The van der Waals surface area contributed by atoms with Gasteiger partial charge in [0.25, 0.3) is 0 Å². The average Bonchev–Trinajstić information content (AvgIpc) is 2.79. The maximum atomic E-state index is 4.70. The molecule has 0 saturated carbocycles. The zero-order chi connectivity index (χ0) is 13.8. The van der Waals surface area contributed by atoms with E-state index in [9.17, 15) is 0 Å². The first kappa shape index (κ1) is 14.6. The SMILES string of the molecule is CCCNc1ncc(Br)c(N2C(C)CCC2CC)n1. The summed E-state index contributed by atoms with van der Waals surface area (Å²) in [5, 5.41) is 3.26. The number of hydrogen-bond donors (Lipinski definition) is 1. The smallest absolute Gasteiger partial charge is 0.224 e. The Morgan fingerprint density at radius 2 is 2.21 bits per heavy atom. The number of hydrogen-bond acceptors (Lipinski definition) is 4. The van der Waals surface area contributed by atoms with E-state index in [-0.39, 0.29) is 0 Å². The van der Waals surface area contributed by atoms with Gasteiger partial charge < -0.3 is 10.2 Å². The van der Waals surface area contributed by atoms with Crippen LogP contribution in [0.3, 0.4) is 0 Å². The van der Waals surface area contributed by atoms with Crippen LogP contribution in [-0.4, -0.2) is 28.6 Å². The quantitative estimate of drug-likeness (QED) is 0.892. The fourth-order valence-electron chi connectivity index (χ4n) is 2.72. The van der Waals surface area contributed by atoms with Gasteiger partial charge in [-0.15, -0.1) is 0 Å². The van der Waals surface area contributed by atoms with Crippen LogP contribution in [-0.2, 0) is 0 Å². The lowest BCUT2D eigenvalue weighted by molar-refractivity contribution is 0.619. The summed E-state index contributed by atoms with van der Waals surface area (Å²) in [6.45, 7) is 7.58. The zero-order valence-electron chi connectivity index (χ0n) is 12.0. The van der Waals surface area contributed by atoms with Crippen LogP contribution in [0.25, 0.3) is 0 Å². The monoisotopic (exact) mass is 326 g/mol. The minimum Gasteiger partial charge on any atom is -0.354 e. The van der Waals surface area contributed by atoms with Crippen molar-refractivity contribution in [3.05, 3.63) is 10.7 Å². The van der Waals surface area contributed by atoms with Gasteiger partial charge in [0.1, 0.15) is 5.82 Å². The van der Waals surface area contributed by atoms with Gasteiger partial charge in [0.05, 0.1) is 4.47 Å². The summed E-state index contributed by atoms with van der Waals surface area (Å²) >= 11 is 3.60. The van der Waals surface area contributed by atoms with Gasteiger partial charge in [-0.25, -0.2) is 4.98 Å². The third kappa shape index (κ3) is 3.19. The molecule has 2 atom stereocenters. The number of halogens is 1. The third-order valence-corrected chi connectivity index (χ3v) is 4.32. The van der Waals surface area contributed by atoms with E-state index in [4.69, 9.17) is 4.98 Å². The summed E-state index contributed by atoms with van der Waals surface area (Å²) in [5.41, 5.74) is 0. The predicted molar refractivity (Wildman–Crippen MR) is 83.8 cm³/mol. The summed E-state index contributed by atoms with van der Waals surface area (Å²) in [6.07, 6.45) is 6.60. The molecule has 2 unspecified atom stereocenters. The molecule has 0 aromatic carbocycles. The molecule has 19 heavy (non-hydrogen) atoms. The summed E-state index contributed by atoms with van der Waals surface area (Å²) in [6, 6.07) is 1.15. The maximum Gasteiger partial charge on any atom is 0.224 e. The van der Waals surface area contributed by atoms with Crippen molar-refractivity contribution in [1.29, 1.82) is 0 Å². The first-order valence-electron chi connectivity index (χ1n) is 7.22. The van der Waals surface area contributed by atoms with Crippen molar-refractivity contribution in [3.63, 3.8) is 0 Å². The van der Waals surface area contributed by atoms with Crippen molar-refractivity contribution in [2.45, 2.75) is 58.5 Å². The number of anilines is 2. The lowest BCUT2D eigenvalue weighted by atomic mass is 10.1. The third-order valence-electron chi connectivity index (χ3n) is 3.76. The summed E-state index contributed by atoms with van der Waals surface area (Å²) < 4.78 is 0.988. The van der Waals surface area contributed by atoms with Crippen molar-refractivity contribution >= 4 is 27.7 Å². The lowest BCUT2D eigenvalue weighted by Gasteiger charge is -2.30. The van der Waals surface area contributed by atoms with E-state index in [1.54, 1.807) is 0 Å². The van der Waals surface area contributed by atoms with Gasteiger partial charge in [-0.3, -0.25) is 0 Å². The molecule has 1 fully saturated rings. The Balaban J connectivity index is 2.26. The van der Waals surface area contributed by atoms with Gasteiger partial charge in [-0.1, -0.05) is 13.8 Å². The van der Waals surface area contributed by atoms with Crippen LogP contribution < -0.4 is 10.2 Å². The number of nitrogens with one attached hydrogen (secondary N) is 1. The van der Waals surface area contributed by atoms with Crippen molar-refractivity contribution in [3.8, 4) is 0 Å². The minimum atomic E-state index is 0.551. The molecule has 1 aliphatic rings. The molecular weight excluding hydrogens is 304 g/mol. The highest BCUT2D eigenvalue weighted by Gasteiger charge is 2.31. The van der Waals surface area contributed by atoms with E-state index >= 15 is 0 Å². The second-order valence-corrected chi connectivity index (χ2v) is 6.04. The number of aromatic nitrogens is 2. The summed E-state index contributed by atoms with van der Waals surface area (Å²) in [7, 11) is 0. The summed E-state index contributed by atoms with van der Waals surface area (Å²) in [5.74, 6) is 1.76. The predicted octanol–water partition coefficient (Wildman–Crippen LogP) is 3.83. The van der Waals surface area contributed by atoms with E-state index in [1.165, 1.54) is 19.3 Å². The first-order valence-corrected chi connectivity index (χ1v) is 8.01. The molecule has 1 aliphatic heterocycles. The molecule has 0 bridgehead atoms. The molecule has 0 spiro atoms. The van der Waals surface area contributed by atoms with Gasteiger partial charge >= 0.3 is 0 Å². The van der Waals surface area contributed by atoms with Crippen molar-refractivity contribution < 1.29 is 0 Å². The molecule has 4 nitrogen and oxygen atoms in total. The van der Waals surface area contributed by atoms with E-state index in [2.05, 4.69) is 51.9 Å². The molecule has 1 saturated heterocycles. The molecule has 0 aliphatic carbocycles. The maximum absolute atomic E-state index is 4.70. The highest BCUT2D eigenvalue weighted by atomic mass is 79.9. The standard InChI is InChI=1S/C14H23BrN4/c1-4-8-16-14-17-9-12(15)13(18-14)19-10(3)6-7-11(19)5-2/h9-11H,4-8H2,1-3H3,(H,16,17,18). The largest absolute Gasteiger partial charge is 0.354 e. The summed E-state index contributed by atoms with van der Waals surface area (Å²) in [4.78, 5) is 11.5. The fraction of sp³-hybridized carbons (Fsp3) is 0.714. The second kappa shape index (κ2) is 6.55. The number of rotatable bonds is 5. The van der Waals surface area contributed by atoms with Gasteiger partial charge in [0.2, 0.25) is 5.95 Å². The van der Waals surface area contributed by atoms with Crippen molar-refractivity contribution in [2.75, 3.05) is 16.8 Å². The Morgan fingerprint density at radius 1 is 1.42 bits per heavy atom. The Labute approximate surface area is 124 Å². The molecular formula is C14H23BrN4. The Kier molecular flexibility index (Phi) is 5.02. The van der Waals surface area contributed by atoms with Crippen LogP contribution in [0.2, 0.25) is 0 Å². The zero-order valence-corrected chi connectivity index (χ0v) is 13.6. The number of nitrogens with zero attached hydrogens (tertiary/aromatic N) is 3. The molecule has 0 amide bonds. The highest BCUT2D eigenvalue weighted by molar-refractivity contribution is 9.10. The van der Waals surface area contributed by atoms with Gasteiger partial charge in [0.15, 0.2) is 0 Å². The molecule has 2 rings (SSSR count). The minimum absolute atomic E-state index is 0.551.